The highest BCUT2D eigenvalue weighted by Crippen LogP contribution is 2.31. The van der Waals surface area contributed by atoms with Gasteiger partial charge in [-0.25, -0.2) is 8.42 Å². The number of halogens is 3. The number of carbonyl (C=O) groups is 1. The molecule has 2 aromatic carbocycles. The van der Waals surface area contributed by atoms with Crippen LogP contribution in [0.1, 0.15) is 31.4 Å². The highest BCUT2D eigenvalue weighted by Gasteiger charge is 2.30. The maximum atomic E-state index is 13.6. The van der Waals surface area contributed by atoms with Crippen molar-refractivity contribution in [1.29, 1.82) is 0 Å². The Balaban J connectivity index is 1.20. The number of piperidine rings is 2. The molecule has 0 radical (unpaired) electrons. The lowest BCUT2D eigenvalue weighted by Crippen LogP contribution is -2.44. The molecular weight excluding hydrogens is 619 g/mol. The highest BCUT2D eigenvalue weighted by molar-refractivity contribution is 7.90. The molecule has 2 saturated heterocycles. The predicted molar refractivity (Wildman–Crippen MR) is 173 cm³/mol. The Morgan fingerprint density at radius 3 is 2.20 bits per heavy atom. The maximum absolute atomic E-state index is 13.6. The Labute approximate surface area is 267 Å². The van der Waals surface area contributed by atoms with E-state index < -0.39 is 28.5 Å². The summed E-state index contributed by atoms with van der Waals surface area (Å²) in [6, 6.07) is 13.4. The number of nitrogens with one attached hydrogen (secondary N) is 2. The van der Waals surface area contributed by atoms with Crippen molar-refractivity contribution < 1.29 is 31.5 Å². The summed E-state index contributed by atoms with van der Waals surface area (Å²) in [6.07, 6.45) is -0.0834. The molecular formula is C33H40F3N5O4S. The number of fused-ring (bicyclic) bond motifs is 1. The van der Waals surface area contributed by atoms with Crippen LogP contribution in [0.15, 0.2) is 53.4 Å². The molecule has 3 aromatic rings. The predicted octanol–water partition coefficient (Wildman–Crippen LogP) is 4.74. The Kier molecular flexibility index (Phi) is 10.5. The van der Waals surface area contributed by atoms with Gasteiger partial charge >= 0.3 is 12.1 Å². The second-order valence-electron chi connectivity index (χ2n) is 12.1. The average molecular weight is 660 g/mol. The lowest BCUT2D eigenvalue weighted by molar-refractivity contribution is -0.143. The first-order chi connectivity index (χ1) is 21.9. The van der Waals surface area contributed by atoms with Gasteiger partial charge in [-0.3, -0.25) is 4.79 Å². The molecule has 46 heavy (non-hydrogen) atoms. The quantitative estimate of drug-likeness (QED) is 0.268. The normalized spacial score (nSPS) is 17.5. The van der Waals surface area contributed by atoms with Gasteiger partial charge in [0.05, 0.1) is 28.6 Å². The first kappa shape index (κ1) is 33.6. The molecule has 0 unspecified atom stereocenters. The number of benzene rings is 2. The molecule has 3 N–H and O–H groups in total. The monoisotopic (exact) mass is 659 g/mol. The van der Waals surface area contributed by atoms with Crippen LogP contribution in [0.2, 0.25) is 0 Å². The minimum Gasteiger partial charge on any atom is -0.481 e. The zero-order chi connectivity index (χ0) is 32.9. The summed E-state index contributed by atoms with van der Waals surface area (Å²) in [6.45, 7) is 4.32. The van der Waals surface area contributed by atoms with Crippen LogP contribution in [0, 0.1) is 17.8 Å². The van der Waals surface area contributed by atoms with Crippen LogP contribution >= 0.6 is 0 Å². The fourth-order valence-corrected chi connectivity index (χ4v) is 6.80. The van der Waals surface area contributed by atoms with Gasteiger partial charge in [0, 0.05) is 55.2 Å². The molecule has 0 saturated carbocycles. The number of hydrogen-bond donors (Lipinski definition) is 3. The van der Waals surface area contributed by atoms with E-state index >= 15 is 0 Å². The largest absolute Gasteiger partial charge is 0.481 e. The van der Waals surface area contributed by atoms with E-state index in [0.29, 0.717) is 29.4 Å². The fraction of sp³-hybridized carbons (Fsp3) is 0.485. The SMILES string of the molecule is CS(=O)(=O)c1ccc(NCC#Cc2cc3c(NC4CCN(CCN5CCC(C(=O)O)CC5)CC4)cccc3n2CC(F)(F)F)cc1. The van der Waals surface area contributed by atoms with E-state index in [1.807, 2.05) is 6.07 Å². The molecule has 1 aromatic heterocycles. The van der Waals surface area contributed by atoms with Crippen molar-refractivity contribution in [2.24, 2.45) is 5.92 Å². The topological polar surface area (TPSA) is 107 Å². The van der Waals surface area contributed by atoms with Crippen molar-refractivity contribution in [3.05, 3.63) is 54.2 Å². The summed E-state index contributed by atoms with van der Waals surface area (Å²) in [5.41, 5.74) is 2.15. The van der Waals surface area contributed by atoms with E-state index in [0.717, 1.165) is 64.1 Å². The summed E-state index contributed by atoms with van der Waals surface area (Å²) < 4.78 is 65.4. The summed E-state index contributed by atoms with van der Waals surface area (Å²) in [7, 11) is -3.31. The molecule has 2 aliphatic rings. The number of rotatable bonds is 10. The van der Waals surface area contributed by atoms with Gasteiger partial charge in [-0.1, -0.05) is 12.0 Å². The lowest BCUT2D eigenvalue weighted by atomic mass is 9.97. The molecule has 3 heterocycles. The number of carboxylic acid groups (broad SMARTS) is 1. The van der Waals surface area contributed by atoms with Gasteiger partial charge < -0.3 is 30.1 Å². The Morgan fingerprint density at radius 2 is 1.61 bits per heavy atom. The number of carboxylic acids is 1. The molecule has 0 atom stereocenters. The molecule has 5 rings (SSSR count). The van der Waals surface area contributed by atoms with Crippen LogP contribution in [0.3, 0.4) is 0 Å². The Hall–Kier alpha value is -3.73. The molecule has 9 nitrogen and oxygen atoms in total. The number of sulfone groups is 1. The lowest BCUT2D eigenvalue weighted by Gasteiger charge is -2.36. The number of likely N-dealkylation sites (tertiary alicyclic amines) is 2. The second kappa shape index (κ2) is 14.4. The van der Waals surface area contributed by atoms with Crippen molar-refractivity contribution in [1.82, 2.24) is 14.4 Å². The first-order valence-corrected chi connectivity index (χ1v) is 17.4. The average Bonchev–Trinajstić information content (AvgIpc) is 3.35. The summed E-state index contributed by atoms with van der Waals surface area (Å²) in [5, 5.41) is 16.5. The third-order valence-corrected chi connectivity index (χ3v) is 9.91. The van der Waals surface area contributed by atoms with Gasteiger partial charge in [-0.05, 0) is 87.2 Å². The second-order valence-corrected chi connectivity index (χ2v) is 14.2. The van der Waals surface area contributed by atoms with Crippen molar-refractivity contribution in [3.63, 3.8) is 0 Å². The van der Waals surface area contributed by atoms with Crippen molar-refractivity contribution in [2.45, 2.75) is 49.3 Å². The van der Waals surface area contributed by atoms with Crippen LogP contribution in [0.4, 0.5) is 24.5 Å². The van der Waals surface area contributed by atoms with Crippen molar-refractivity contribution in [2.75, 3.05) is 62.7 Å². The van der Waals surface area contributed by atoms with Gasteiger partial charge in [0.1, 0.15) is 6.54 Å². The van der Waals surface area contributed by atoms with Gasteiger partial charge in [-0.2, -0.15) is 13.2 Å². The van der Waals surface area contributed by atoms with Gasteiger partial charge in [-0.15, -0.1) is 0 Å². The van der Waals surface area contributed by atoms with E-state index in [1.165, 1.54) is 16.7 Å². The van der Waals surface area contributed by atoms with Crippen LogP contribution in [0.5, 0.6) is 0 Å². The van der Waals surface area contributed by atoms with E-state index in [2.05, 4.69) is 32.3 Å². The van der Waals surface area contributed by atoms with Crippen LogP contribution in [0.25, 0.3) is 10.9 Å². The standard InChI is InChI=1S/C33H40F3N5O4S/c1-46(44,45)28-9-7-25(8-10-28)37-15-3-4-27-22-29-30(5-2-6-31(29)41(27)23-33(34,35)36)38-26-13-18-40(19-14-26)21-20-39-16-11-24(12-17-39)32(42)43/h2,5-10,22,24,26,37-38H,11-21,23H2,1H3,(H,42,43). The Bertz CT molecular complexity index is 1680. The summed E-state index contributed by atoms with van der Waals surface area (Å²) in [4.78, 5) is 16.2. The van der Waals surface area contributed by atoms with E-state index in [9.17, 15) is 31.5 Å². The van der Waals surface area contributed by atoms with Crippen LogP contribution < -0.4 is 10.6 Å². The molecule has 13 heteroatoms. The van der Waals surface area contributed by atoms with E-state index in [1.54, 1.807) is 30.3 Å². The number of aromatic nitrogens is 1. The third-order valence-electron chi connectivity index (χ3n) is 8.78. The molecule has 2 fully saturated rings. The number of aliphatic carboxylic acids is 1. The number of nitrogens with zero attached hydrogens (tertiary/aromatic N) is 3. The van der Waals surface area contributed by atoms with Gasteiger partial charge in [0.2, 0.25) is 0 Å². The first-order valence-electron chi connectivity index (χ1n) is 15.5. The molecule has 0 spiro atoms. The zero-order valence-electron chi connectivity index (χ0n) is 25.8. The number of alkyl halides is 3. The molecule has 0 bridgehead atoms. The maximum Gasteiger partial charge on any atom is 0.406 e. The van der Waals surface area contributed by atoms with Crippen molar-refractivity contribution >= 4 is 38.1 Å². The number of anilines is 2. The fourth-order valence-electron chi connectivity index (χ4n) is 6.17. The van der Waals surface area contributed by atoms with Gasteiger partial charge in [0.25, 0.3) is 0 Å². The minimum absolute atomic E-state index is 0.163. The van der Waals surface area contributed by atoms with Crippen LogP contribution in [-0.4, -0.2) is 98.1 Å². The molecule has 0 amide bonds. The van der Waals surface area contributed by atoms with E-state index in [-0.39, 0.29) is 29.1 Å². The highest BCUT2D eigenvalue weighted by atomic mass is 32.2. The summed E-state index contributed by atoms with van der Waals surface area (Å²) in [5.74, 6) is 4.89. The summed E-state index contributed by atoms with van der Waals surface area (Å²) >= 11 is 0. The molecule has 248 valence electrons. The smallest absolute Gasteiger partial charge is 0.406 e. The zero-order valence-corrected chi connectivity index (χ0v) is 26.6. The minimum atomic E-state index is -4.43. The van der Waals surface area contributed by atoms with Crippen molar-refractivity contribution in [3.8, 4) is 11.8 Å². The van der Waals surface area contributed by atoms with Gasteiger partial charge in [0.15, 0.2) is 9.84 Å². The molecule has 2 aliphatic heterocycles. The Morgan fingerprint density at radius 1 is 0.978 bits per heavy atom. The third kappa shape index (κ3) is 8.96. The van der Waals surface area contributed by atoms with E-state index in [4.69, 9.17) is 0 Å². The number of hydrogen-bond acceptors (Lipinski definition) is 7. The van der Waals surface area contributed by atoms with Crippen LogP contribution in [-0.2, 0) is 21.2 Å². The molecule has 0 aliphatic carbocycles.